The third-order valence-corrected chi connectivity index (χ3v) is 6.19. The molecule has 2 atom stereocenters. The van der Waals surface area contributed by atoms with E-state index in [1.165, 1.54) is 23.5 Å². The number of hydrogen-bond donors (Lipinski definition) is 1. The van der Waals surface area contributed by atoms with Gasteiger partial charge in [0.05, 0.1) is 4.88 Å². The van der Waals surface area contributed by atoms with Gasteiger partial charge in [0.1, 0.15) is 5.82 Å². The summed E-state index contributed by atoms with van der Waals surface area (Å²) < 4.78 is 13.1. The molecule has 0 aliphatic carbocycles. The SMILES string of the molecule is Cc1cc(C(=O)N2C[C@H]3CNC[C@H]3C2)sc1-c1ccc(F)cc1.Cl. The summed E-state index contributed by atoms with van der Waals surface area (Å²) in [6.45, 7) is 5.78. The van der Waals surface area contributed by atoms with Gasteiger partial charge in [-0.2, -0.15) is 0 Å². The zero-order valence-electron chi connectivity index (χ0n) is 13.4. The molecule has 1 N–H and O–H groups in total. The van der Waals surface area contributed by atoms with E-state index in [2.05, 4.69) is 5.32 Å². The summed E-state index contributed by atoms with van der Waals surface area (Å²) in [7, 11) is 0. The van der Waals surface area contributed by atoms with Crippen molar-refractivity contribution in [3.8, 4) is 10.4 Å². The predicted molar refractivity (Wildman–Crippen MR) is 97.5 cm³/mol. The second kappa shape index (κ2) is 6.82. The summed E-state index contributed by atoms with van der Waals surface area (Å²) in [5, 5.41) is 3.40. The summed E-state index contributed by atoms with van der Waals surface area (Å²) in [6.07, 6.45) is 0. The molecule has 1 aromatic carbocycles. The van der Waals surface area contributed by atoms with Crippen molar-refractivity contribution in [2.45, 2.75) is 6.92 Å². The molecule has 6 heteroatoms. The van der Waals surface area contributed by atoms with Crippen LogP contribution >= 0.6 is 23.7 Å². The zero-order valence-corrected chi connectivity index (χ0v) is 15.1. The molecular formula is C18H20ClFN2OS. The van der Waals surface area contributed by atoms with Crippen molar-refractivity contribution in [1.82, 2.24) is 10.2 Å². The summed E-state index contributed by atoms with van der Waals surface area (Å²) in [5.74, 6) is 1.12. The van der Waals surface area contributed by atoms with Gasteiger partial charge in [-0.25, -0.2) is 4.39 Å². The number of thiophene rings is 1. The minimum absolute atomic E-state index is 0. The normalized spacial score (nSPS) is 22.3. The first-order chi connectivity index (χ1) is 11.1. The average Bonchev–Trinajstić information content (AvgIpc) is 3.21. The fourth-order valence-electron chi connectivity index (χ4n) is 3.65. The highest BCUT2D eigenvalue weighted by Gasteiger charge is 2.38. The van der Waals surface area contributed by atoms with Gasteiger partial charge in [0.25, 0.3) is 5.91 Å². The van der Waals surface area contributed by atoms with Crippen LogP contribution in [0.25, 0.3) is 10.4 Å². The fourth-order valence-corrected chi connectivity index (χ4v) is 4.80. The van der Waals surface area contributed by atoms with Crippen molar-refractivity contribution < 1.29 is 9.18 Å². The largest absolute Gasteiger partial charge is 0.337 e. The van der Waals surface area contributed by atoms with Gasteiger partial charge in [-0.1, -0.05) is 12.1 Å². The number of carbonyl (C=O) groups excluding carboxylic acids is 1. The maximum atomic E-state index is 13.1. The Kier molecular flexibility index (Phi) is 4.95. The van der Waals surface area contributed by atoms with Gasteiger partial charge >= 0.3 is 0 Å². The number of likely N-dealkylation sites (tertiary alicyclic amines) is 1. The van der Waals surface area contributed by atoms with Crippen LogP contribution in [0.3, 0.4) is 0 Å². The van der Waals surface area contributed by atoms with E-state index in [4.69, 9.17) is 0 Å². The number of benzene rings is 1. The molecule has 3 nitrogen and oxygen atoms in total. The lowest BCUT2D eigenvalue weighted by molar-refractivity contribution is 0.0786. The minimum Gasteiger partial charge on any atom is -0.337 e. The molecule has 0 saturated carbocycles. The van der Waals surface area contributed by atoms with E-state index in [9.17, 15) is 9.18 Å². The molecule has 1 aromatic heterocycles. The number of amides is 1. The highest BCUT2D eigenvalue weighted by Crippen LogP contribution is 2.35. The van der Waals surface area contributed by atoms with E-state index in [0.29, 0.717) is 11.8 Å². The Labute approximate surface area is 151 Å². The Morgan fingerprint density at radius 1 is 1.21 bits per heavy atom. The summed E-state index contributed by atoms with van der Waals surface area (Å²) in [5.41, 5.74) is 2.04. The van der Waals surface area contributed by atoms with Crippen molar-refractivity contribution in [2.75, 3.05) is 26.2 Å². The standard InChI is InChI=1S/C18H19FN2OS.ClH/c1-11-6-16(23-17(11)12-2-4-15(19)5-3-12)18(22)21-9-13-7-20-8-14(13)10-21;/h2-6,13-14,20H,7-10H2,1H3;1H/t13-,14+;. The molecule has 2 aromatic rings. The Hall–Kier alpha value is -1.43. The van der Waals surface area contributed by atoms with Gasteiger partial charge < -0.3 is 10.2 Å². The number of rotatable bonds is 2. The zero-order chi connectivity index (χ0) is 16.0. The quantitative estimate of drug-likeness (QED) is 0.881. The number of fused-ring (bicyclic) bond motifs is 1. The Bertz CT molecular complexity index is 734. The molecule has 24 heavy (non-hydrogen) atoms. The predicted octanol–water partition coefficient (Wildman–Crippen LogP) is 3.58. The molecule has 0 bridgehead atoms. The van der Waals surface area contributed by atoms with E-state index in [1.807, 2.05) is 17.9 Å². The van der Waals surface area contributed by atoms with Crippen LogP contribution in [0.1, 0.15) is 15.2 Å². The average molecular weight is 367 g/mol. The molecule has 4 rings (SSSR count). The van der Waals surface area contributed by atoms with Gasteiger partial charge in [0, 0.05) is 31.1 Å². The van der Waals surface area contributed by atoms with Crippen molar-refractivity contribution >= 4 is 29.7 Å². The molecule has 3 heterocycles. The lowest BCUT2D eigenvalue weighted by Crippen LogP contribution is -2.31. The lowest BCUT2D eigenvalue weighted by Gasteiger charge is -2.16. The smallest absolute Gasteiger partial charge is 0.263 e. The van der Waals surface area contributed by atoms with E-state index in [0.717, 1.165) is 47.1 Å². The van der Waals surface area contributed by atoms with Crippen molar-refractivity contribution in [3.05, 3.63) is 46.6 Å². The van der Waals surface area contributed by atoms with Gasteiger partial charge in [-0.05, 0) is 48.1 Å². The molecule has 2 aliphatic rings. The van der Waals surface area contributed by atoms with Crippen LogP contribution in [0.5, 0.6) is 0 Å². The lowest BCUT2D eigenvalue weighted by atomic mass is 10.0. The van der Waals surface area contributed by atoms with Crippen LogP contribution in [0.15, 0.2) is 30.3 Å². The Morgan fingerprint density at radius 3 is 2.46 bits per heavy atom. The molecule has 0 spiro atoms. The molecule has 0 radical (unpaired) electrons. The third-order valence-electron chi connectivity index (χ3n) is 4.91. The minimum atomic E-state index is -0.239. The Morgan fingerprint density at radius 2 is 1.83 bits per heavy atom. The molecule has 2 saturated heterocycles. The summed E-state index contributed by atoms with van der Waals surface area (Å²) in [6, 6.07) is 8.44. The van der Waals surface area contributed by atoms with Crippen molar-refractivity contribution in [3.63, 3.8) is 0 Å². The molecular weight excluding hydrogens is 347 g/mol. The number of nitrogens with zero attached hydrogens (tertiary/aromatic N) is 1. The monoisotopic (exact) mass is 366 g/mol. The maximum Gasteiger partial charge on any atom is 0.263 e. The van der Waals surface area contributed by atoms with Crippen molar-refractivity contribution in [1.29, 1.82) is 0 Å². The second-order valence-electron chi connectivity index (χ2n) is 6.52. The highest BCUT2D eigenvalue weighted by molar-refractivity contribution is 7.17. The van der Waals surface area contributed by atoms with Crippen LogP contribution in [0, 0.1) is 24.6 Å². The summed E-state index contributed by atoms with van der Waals surface area (Å²) in [4.78, 5) is 16.6. The van der Waals surface area contributed by atoms with Gasteiger partial charge in [-0.15, -0.1) is 23.7 Å². The summed E-state index contributed by atoms with van der Waals surface area (Å²) >= 11 is 1.51. The number of nitrogens with one attached hydrogen (secondary N) is 1. The topological polar surface area (TPSA) is 32.3 Å². The van der Waals surface area contributed by atoms with E-state index in [1.54, 1.807) is 12.1 Å². The van der Waals surface area contributed by atoms with E-state index in [-0.39, 0.29) is 24.1 Å². The van der Waals surface area contributed by atoms with Crippen LogP contribution in [-0.2, 0) is 0 Å². The maximum absolute atomic E-state index is 13.1. The van der Waals surface area contributed by atoms with Crippen LogP contribution in [0.4, 0.5) is 4.39 Å². The fraction of sp³-hybridized carbons (Fsp3) is 0.389. The van der Waals surface area contributed by atoms with E-state index < -0.39 is 0 Å². The number of carbonyl (C=O) groups is 1. The molecule has 0 unspecified atom stereocenters. The third kappa shape index (κ3) is 3.08. The Balaban J connectivity index is 0.00000169. The van der Waals surface area contributed by atoms with Gasteiger partial charge in [0.15, 0.2) is 0 Å². The van der Waals surface area contributed by atoms with Crippen LogP contribution in [0.2, 0.25) is 0 Å². The molecule has 1 amide bonds. The van der Waals surface area contributed by atoms with E-state index >= 15 is 0 Å². The first-order valence-electron chi connectivity index (χ1n) is 7.98. The molecule has 128 valence electrons. The van der Waals surface area contributed by atoms with Gasteiger partial charge in [-0.3, -0.25) is 4.79 Å². The number of hydrogen-bond acceptors (Lipinski definition) is 3. The number of halogens is 2. The van der Waals surface area contributed by atoms with Crippen LogP contribution in [-0.4, -0.2) is 37.0 Å². The van der Waals surface area contributed by atoms with Gasteiger partial charge in [0.2, 0.25) is 0 Å². The second-order valence-corrected chi connectivity index (χ2v) is 7.57. The van der Waals surface area contributed by atoms with Crippen molar-refractivity contribution in [2.24, 2.45) is 11.8 Å². The molecule has 2 aliphatic heterocycles. The molecule has 2 fully saturated rings. The van der Waals surface area contributed by atoms with Crippen LogP contribution < -0.4 is 5.32 Å². The first-order valence-corrected chi connectivity index (χ1v) is 8.80. The number of aryl methyl sites for hydroxylation is 1. The first kappa shape index (κ1) is 17.4. The highest BCUT2D eigenvalue weighted by atomic mass is 35.5.